The van der Waals surface area contributed by atoms with Crippen LogP contribution in [0, 0.1) is 16.7 Å². The van der Waals surface area contributed by atoms with Crippen LogP contribution < -0.4 is 0 Å². The normalized spacial score (nSPS) is 14.4. The SMILES string of the molecule is COC(OC)C(O)C(C)(C)C#N. The molecule has 0 spiro atoms. The van der Waals surface area contributed by atoms with Crippen molar-refractivity contribution in [3.63, 3.8) is 0 Å². The molecule has 0 rings (SSSR count). The Morgan fingerprint density at radius 2 is 1.75 bits per heavy atom. The minimum atomic E-state index is -0.947. The minimum absolute atomic E-state index is 0.750. The Bertz CT molecular complexity index is 170. The van der Waals surface area contributed by atoms with Crippen LogP contribution in [0.15, 0.2) is 0 Å². The van der Waals surface area contributed by atoms with E-state index in [-0.39, 0.29) is 0 Å². The molecule has 4 heteroatoms. The lowest BCUT2D eigenvalue weighted by Crippen LogP contribution is -2.40. The molecule has 12 heavy (non-hydrogen) atoms. The first-order valence-electron chi connectivity index (χ1n) is 3.64. The molecule has 0 aliphatic carbocycles. The van der Waals surface area contributed by atoms with Crippen molar-refractivity contribution in [2.45, 2.75) is 26.2 Å². The second-order valence-electron chi connectivity index (χ2n) is 3.12. The maximum atomic E-state index is 9.56. The molecule has 0 saturated heterocycles. The van der Waals surface area contributed by atoms with Crippen LogP contribution in [-0.2, 0) is 9.47 Å². The highest BCUT2D eigenvalue weighted by Crippen LogP contribution is 2.23. The third kappa shape index (κ3) is 2.45. The topological polar surface area (TPSA) is 62.5 Å². The summed E-state index contributed by atoms with van der Waals surface area (Å²) in [6.45, 7) is 3.26. The zero-order chi connectivity index (χ0) is 9.78. The Morgan fingerprint density at radius 3 is 2.00 bits per heavy atom. The van der Waals surface area contributed by atoms with Crippen molar-refractivity contribution in [3.8, 4) is 6.07 Å². The number of rotatable bonds is 4. The van der Waals surface area contributed by atoms with Gasteiger partial charge >= 0.3 is 0 Å². The van der Waals surface area contributed by atoms with Gasteiger partial charge in [0.25, 0.3) is 0 Å². The molecule has 1 unspecified atom stereocenters. The van der Waals surface area contributed by atoms with Crippen LogP contribution in [0.4, 0.5) is 0 Å². The summed E-state index contributed by atoms with van der Waals surface area (Å²) in [6, 6.07) is 1.98. The summed E-state index contributed by atoms with van der Waals surface area (Å²) in [7, 11) is 2.84. The fraction of sp³-hybridized carbons (Fsp3) is 0.875. The highest BCUT2D eigenvalue weighted by atomic mass is 16.7. The third-order valence-corrected chi connectivity index (χ3v) is 1.75. The molecule has 0 fully saturated rings. The quantitative estimate of drug-likeness (QED) is 0.629. The number of hydrogen-bond acceptors (Lipinski definition) is 4. The summed E-state index contributed by atoms with van der Waals surface area (Å²) < 4.78 is 9.65. The highest BCUT2D eigenvalue weighted by Gasteiger charge is 2.34. The number of ether oxygens (including phenoxy) is 2. The molecule has 0 aromatic carbocycles. The van der Waals surface area contributed by atoms with Crippen molar-refractivity contribution in [1.82, 2.24) is 0 Å². The summed E-state index contributed by atoms with van der Waals surface area (Å²) in [5.74, 6) is 0. The van der Waals surface area contributed by atoms with Crippen molar-refractivity contribution < 1.29 is 14.6 Å². The molecular weight excluding hydrogens is 158 g/mol. The van der Waals surface area contributed by atoms with Crippen LogP contribution in [0.1, 0.15) is 13.8 Å². The van der Waals surface area contributed by atoms with Gasteiger partial charge in [-0.15, -0.1) is 0 Å². The van der Waals surface area contributed by atoms with E-state index < -0.39 is 17.8 Å². The van der Waals surface area contributed by atoms with Gasteiger partial charge in [0.15, 0.2) is 6.29 Å². The molecule has 0 aliphatic rings. The van der Waals surface area contributed by atoms with E-state index in [0.717, 1.165) is 0 Å². The fourth-order valence-corrected chi connectivity index (χ4v) is 0.760. The lowest BCUT2D eigenvalue weighted by Gasteiger charge is -2.28. The summed E-state index contributed by atoms with van der Waals surface area (Å²) in [5.41, 5.74) is -0.864. The Hall–Kier alpha value is -0.630. The van der Waals surface area contributed by atoms with Gasteiger partial charge in [-0.05, 0) is 13.8 Å². The standard InChI is InChI=1S/C8H15NO3/c1-8(2,5-9)6(10)7(11-3)12-4/h6-7,10H,1-4H3. The Morgan fingerprint density at radius 1 is 1.33 bits per heavy atom. The predicted molar refractivity (Wildman–Crippen MR) is 43.2 cm³/mol. The number of nitriles is 1. The van der Waals surface area contributed by atoms with Crippen LogP contribution in [-0.4, -0.2) is 31.7 Å². The number of hydrogen-bond donors (Lipinski definition) is 1. The van der Waals surface area contributed by atoms with E-state index in [1.807, 2.05) is 6.07 Å². The van der Waals surface area contributed by atoms with Crippen LogP contribution in [0.25, 0.3) is 0 Å². The van der Waals surface area contributed by atoms with E-state index in [2.05, 4.69) is 0 Å². The molecule has 1 N–H and O–H groups in total. The molecule has 0 bridgehead atoms. The molecular formula is C8H15NO3. The van der Waals surface area contributed by atoms with Crippen LogP contribution in [0.2, 0.25) is 0 Å². The number of aliphatic hydroxyl groups is 1. The molecule has 0 aromatic heterocycles. The zero-order valence-electron chi connectivity index (χ0n) is 7.87. The summed E-state index contributed by atoms with van der Waals surface area (Å²) in [5, 5.41) is 18.2. The van der Waals surface area contributed by atoms with E-state index >= 15 is 0 Å². The average Bonchev–Trinajstić information content (AvgIpc) is 2.06. The van der Waals surface area contributed by atoms with Gasteiger partial charge in [0.1, 0.15) is 6.10 Å². The Balaban J connectivity index is 4.37. The molecule has 70 valence electrons. The van der Waals surface area contributed by atoms with Gasteiger partial charge in [0, 0.05) is 14.2 Å². The lowest BCUT2D eigenvalue weighted by molar-refractivity contribution is -0.184. The van der Waals surface area contributed by atoms with Gasteiger partial charge in [-0.3, -0.25) is 0 Å². The molecule has 1 atom stereocenters. The van der Waals surface area contributed by atoms with E-state index in [9.17, 15) is 5.11 Å². The first-order chi connectivity index (χ1) is 5.49. The lowest BCUT2D eigenvalue weighted by atomic mass is 9.88. The maximum Gasteiger partial charge on any atom is 0.184 e. The molecule has 0 amide bonds. The number of methoxy groups -OCH3 is 2. The molecule has 0 saturated carbocycles. The van der Waals surface area contributed by atoms with Crippen molar-refractivity contribution in [1.29, 1.82) is 5.26 Å². The highest BCUT2D eigenvalue weighted by molar-refractivity contribution is 4.98. The Labute approximate surface area is 72.7 Å². The molecule has 0 aromatic rings. The van der Waals surface area contributed by atoms with Crippen LogP contribution in [0.5, 0.6) is 0 Å². The minimum Gasteiger partial charge on any atom is -0.386 e. The van der Waals surface area contributed by atoms with E-state index in [0.29, 0.717) is 0 Å². The van der Waals surface area contributed by atoms with E-state index in [1.165, 1.54) is 14.2 Å². The van der Waals surface area contributed by atoms with Gasteiger partial charge in [-0.25, -0.2) is 0 Å². The third-order valence-electron chi connectivity index (χ3n) is 1.75. The monoisotopic (exact) mass is 173 g/mol. The second kappa shape index (κ2) is 4.41. The predicted octanol–water partition coefficient (Wildman–Crippen LogP) is 0.516. The largest absolute Gasteiger partial charge is 0.386 e. The summed E-state index contributed by atoms with van der Waals surface area (Å²) in [4.78, 5) is 0. The molecule has 0 heterocycles. The summed E-state index contributed by atoms with van der Waals surface area (Å²) >= 11 is 0. The summed E-state index contributed by atoms with van der Waals surface area (Å²) in [6.07, 6.45) is -1.70. The van der Waals surface area contributed by atoms with Crippen molar-refractivity contribution in [2.24, 2.45) is 5.41 Å². The number of aliphatic hydroxyl groups excluding tert-OH is 1. The number of nitrogens with zero attached hydrogens (tertiary/aromatic N) is 1. The van der Waals surface area contributed by atoms with Crippen LogP contribution >= 0.6 is 0 Å². The first kappa shape index (κ1) is 11.4. The van der Waals surface area contributed by atoms with E-state index in [1.54, 1.807) is 13.8 Å². The molecule has 0 radical (unpaired) electrons. The van der Waals surface area contributed by atoms with Gasteiger partial charge in [-0.2, -0.15) is 5.26 Å². The zero-order valence-corrected chi connectivity index (χ0v) is 7.87. The van der Waals surface area contributed by atoms with Crippen LogP contribution in [0.3, 0.4) is 0 Å². The second-order valence-corrected chi connectivity index (χ2v) is 3.12. The van der Waals surface area contributed by atoms with Gasteiger partial charge in [0.2, 0.25) is 0 Å². The maximum absolute atomic E-state index is 9.56. The van der Waals surface area contributed by atoms with Gasteiger partial charge in [0.05, 0.1) is 11.5 Å². The fourth-order valence-electron chi connectivity index (χ4n) is 0.760. The van der Waals surface area contributed by atoms with Crippen molar-refractivity contribution in [3.05, 3.63) is 0 Å². The molecule has 0 aliphatic heterocycles. The van der Waals surface area contributed by atoms with Crippen molar-refractivity contribution in [2.75, 3.05) is 14.2 Å². The molecule has 4 nitrogen and oxygen atoms in total. The van der Waals surface area contributed by atoms with Gasteiger partial charge in [-0.1, -0.05) is 0 Å². The smallest absolute Gasteiger partial charge is 0.184 e. The van der Waals surface area contributed by atoms with E-state index in [4.69, 9.17) is 14.7 Å². The first-order valence-corrected chi connectivity index (χ1v) is 3.64. The van der Waals surface area contributed by atoms with Gasteiger partial charge < -0.3 is 14.6 Å². The average molecular weight is 173 g/mol. The van der Waals surface area contributed by atoms with Crippen molar-refractivity contribution >= 4 is 0 Å². The Kier molecular flexibility index (Phi) is 4.18.